The maximum absolute atomic E-state index is 13.5. The molecule has 2 N–H and O–H groups in total. The van der Waals surface area contributed by atoms with Crippen molar-refractivity contribution in [3.63, 3.8) is 0 Å². The number of aromatic nitrogens is 4. The predicted molar refractivity (Wildman–Crippen MR) is 131 cm³/mol. The Morgan fingerprint density at radius 3 is 2.71 bits per heavy atom. The van der Waals surface area contributed by atoms with Gasteiger partial charge in [0.1, 0.15) is 17.6 Å². The van der Waals surface area contributed by atoms with Crippen LogP contribution < -0.4 is 15.4 Å². The molecule has 0 fully saturated rings. The molecular weight excluding hydrogens is 452 g/mol. The summed E-state index contributed by atoms with van der Waals surface area (Å²) in [5.74, 6) is 1.80. The normalized spacial score (nSPS) is 14.9. The van der Waals surface area contributed by atoms with Crippen LogP contribution in [-0.2, 0) is 4.79 Å². The average Bonchev–Trinajstić information content (AvgIpc) is 3.27. The van der Waals surface area contributed by atoms with Gasteiger partial charge in [-0.2, -0.15) is 4.98 Å². The van der Waals surface area contributed by atoms with Gasteiger partial charge in [-0.25, -0.2) is 9.67 Å². The van der Waals surface area contributed by atoms with Crippen LogP contribution >= 0.6 is 11.6 Å². The van der Waals surface area contributed by atoms with Gasteiger partial charge in [-0.05, 0) is 48.9 Å². The highest BCUT2D eigenvalue weighted by Gasteiger charge is 2.35. The van der Waals surface area contributed by atoms with E-state index in [1.54, 1.807) is 36.2 Å². The molecule has 1 aliphatic heterocycles. The van der Waals surface area contributed by atoms with E-state index >= 15 is 0 Å². The number of rotatable bonds is 5. The number of pyridine rings is 1. The molecule has 8 nitrogen and oxygen atoms in total. The number of nitrogens with zero attached hydrogens (tertiary/aromatic N) is 4. The maximum atomic E-state index is 13.5. The number of carbonyl (C=O) groups is 1. The van der Waals surface area contributed by atoms with Crippen molar-refractivity contribution in [2.75, 3.05) is 17.7 Å². The summed E-state index contributed by atoms with van der Waals surface area (Å²) in [5, 5.41) is 11.4. The lowest BCUT2D eigenvalue weighted by atomic mass is 9.95. The zero-order valence-electron chi connectivity index (χ0n) is 18.5. The number of carbonyl (C=O) groups excluding carboxylic acids is 1. The monoisotopic (exact) mass is 472 g/mol. The molecule has 0 aliphatic carbocycles. The van der Waals surface area contributed by atoms with Crippen LogP contribution in [0.25, 0.3) is 11.4 Å². The van der Waals surface area contributed by atoms with Crippen LogP contribution in [0, 0.1) is 0 Å². The highest BCUT2D eigenvalue weighted by atomic mass is 35.5. The van der Waals surface area contributed by atoms with E-state index in [0.29, 0.717) is 45.2 Å². The topological polar surface area (TPSA) is 94.0 Å². The van der Waals surface area contributed by atoms with Gasteiger partial charge in [-0.3, -0.25) is 4.79 Å². The molecule has 0 bridgehead atoms. The van der Waals surface area contributed by atoms with Crippen molar-refractivity contribution < 1.29 is 9.53 Å². The van der Waals surface area contributed by atoms with Crippen LogP contribution in [-0.4, -0.2) is 32.8 Å². The molecule has 4 aromatic rings. The molecule has 0 saturated heterocycles. The molecule has 3 heterocycles. The number of fused-ring (bicyclic) bond motifs is 1. The summed E-state index contributed by atoms with van der Waals surface area (Å²) in [6.07, 6.45) is 1.63. The van der Waals surface area contributed by atoms with Crippen molar-refractivity contribution in [2.24, 2.45) is 0 Å². The second kappa shape index (κ2) is 8.99. The minimum absolute atomic E-state index is 0.294. The second-order valence-electron chi connectivity index (χ2n) is 7.70. The molecule has 2 aromatic carbocycles. The fourth-order valence-electron chi connectivity index (χ4n) is 3.94. The van der Waals surface area contributed by atoms with E-state index in [1.807, 2.05) is 55.5 Å². The molecule has 1 amide bonds. The molecule has 5 rings (SSSR count). The van der Waals surface area contributed by atoms with Crippen molar-refractivity contribution in [1.82, 2.24) is 19.7 Å². The number of ether oxygens (including phenoxy) is 1. The number of anilines is 2. The second-order valence-corrected chi connectivity index (χ2v) is 8.10. The predicted octanol–water partition coefficient (Wildman–Crippen LogP) is 4.93. The molecule has 170 valence electrons. The Labute approximate surface area is 201 Å². The van der Waals surface area contributed by atoms with E-state index in [0.717, 1.165) is 5.56 Å². The van der Waals surface area contributed by atoms with Gasteiger partial charge >= 0.3 is 0 Å². The standard InChI is InChI=1S/C25H21ClN6O2/c1-15-21(24(33)29-20-12-5-6-13-27-20)22(16-8-7-9-17(14-16)34-2)32-25(28-15)30-23(31-32)18-10-3-4-11-19(18)26/h3-14,22H,1-2H3,(H,27,29,33)(H,28,30,31). The van der Waals surface area contributed by atoms with Crippen LogP contribution in [0.3, 0.4) is 0 Å². The summed E-state index contributed by atoms with van der Waals surface area (Å²) >= 11 is 6.41. The smallest absolute Gasteiger partial charge is 0.257 e. The first kappa shape index (κ1) is 21.7. The van der Waals surface area contributed by atoms with E-state index in [1.165, 1.54) is 0 Å². The summed E-state index contributed by atoms with van der Waals surface area (Å²) < 4.78 is 7.14. The van der Waals surface area contributed by atoms with Crippen LogP contribution in [0.15, 0.2) is 84.2 Å². The molecule has 34 heavy (non-hydrogen) atoms. The fourth-order valence-corrected chi connectivity index (χ4v) is 4.16. The lowest BCUT2D eigenvalue weighted by Gasteiger charge is -2.28. The van der Waals surface area contributed by atoms with Gasteiger partial charge < -0.3 is 15.4 Å². The Bertz CT molecular complexity index is 1400. The third-order valence-electron chi connectivity index (χ3n) is 5.53. The quantitative estimate of drug-likeness (QED) is 0.427. The first-order chi connectivity index (χ1) is 16.5. The molecular formula is C25H21ClN6O2. The SMILES string of the molecule is COc1cccc(C2C(C(=O)Nc3ccccn3)=C(C)Nc3nc(-c4ccccc4Cl)nn32)c1. The third-order valence-corrected chi connectivity index (χ3v) is 5.86. The number of allylic oxidation sites excluding steroid dienone is 1. The molecule has 1 aliphatic rings. The number of amides is 1. The Morgan fingerprint density at radius 1 is 1.12 bits per heavy atom. The van der Waals surface area contributed by atoms with Crippen LogP contribution in [0.5, 0.6) is 5.75 Å². The largest absolute Gasteiger partial charge is 0.497 e. The van der Waals surface area contributed by atoms with E-state index in [2.05, 4.69) is 20.6 Å². The average molecular weight is 473 g/mol. The highest BCUT2D eigenvalue weighted by molar-refractivity contribution is 6.33. The zero-order chi connectivity index (χ0) is 23.7. The molecule has 2 aromatic heterocycles. The van der Waals surface area contributed by atoms with Crippen molar-refractivity contribution in [3.8, 4) is 17.1 Å². The van der Waals surface area contributed by atoms with Gasteiger partial charge in [0, 0.05) is 17.5 Å². The van der Waals surface area contributed by atoms with E-state index in [9.17, 15) is 4.79 Å². The van der Waals surface area contributed by atoms with Gasteiger partial charge in [-0.1, -0.05) is 41.9 Å². The van der Waals surface area contributed by atoms with Crippen LogP contribution in [0.4, 0.5) is 11.8 Å². The van der Waals surface area contributed by atoms with Gasteiger partial charge in [0.2, 0.25) is 5.95 Å². The fraction of sp³-hybridized carbons (Fsp3) is 0.120. The van der Waals surface area contributed by atoms with Crippen LogP contribution in [0.1, 0.15) is 18.5 Å². The lowest BCUT2D eigenvalue weighted by Crippen LogP contribution is -2.31. The number of halogens is 1. The van der Waals surface area contributed by atoms with Gasteiger partial charge in [-0.15, -0.1) is 5.10 Å². The zero-order valence-corrected chi connectivity index (χ0v) is 19.2. The summed E-state index contributed by atoms with van der Waals surface area (Å²) in [5.41, 5.74) is 2.67. The van der Waals surface area contributed by atoms with E-state index < -0.39 is 6.04 Å². The van der Waals surface area contributed by atoms with E-state index in [-0.39, 0.29) is 5.91 Å². The Morgan fingerprint density at radius 2 is 1.94 bits per heavy atom. The van der Waals surface area contributed by atoms with Gasteiger partial charge in [0.15, 0.2) is 5.82 Å². The lowest BCUT2D eigenvalue weighted by molar-refractivity contribution is -0.113. The van der Waals surface area contributed by atoms with Crippen molar-refractivity contribution in [1.29, 1.82) is 0 Å². The van der Waals surface area contributed by atoms with Crippen molar-refractivity contribution in [3.05, 3.63) is 94.8 Å². The van der Waals surface area contributed by atoms with Crippen molar-refractivity contribution in [2.45, 2.75) is 13.0 Å². The molecule has 0 spiro atoms. The third kappa shape index (κ3) is 3.99. The Kier molecular flexibility index (Phi) is 5.73. The summed E-state index contributed by atoms with van der Waals surface area (Å²) in [4.78, 5) is 22.4. The minimum Gasteiger partial charge on any atom is -0.497 e. The molecule has 0 saturated carbocycles. The van der Waals surface area contributed by atoms with E-state index in [4.69, 9.17) is 21.4 Å². The summed E-state index contributed by atoms with van der Waals surface area (Å²) in [6.45, 7) is 1.84. The molecule has 1 atom stereocenters. The summed E-state index contributed by atoms with van der Waals surface area (Å²) in [7, 11) is 1.60. The minimum atomic E-state index is -0.557. The first-order valence-electron chi connectivity index (χ1n) is 10.6. The van der Waals surface area contributed by atoms with Crippen LogP contribution in [0.2, 0.25) is 5.02 Å². The highest BCUT2D eigenvalue weighted by Crippen LogP contribution is 2.38. The van der Waals surface area contributed by atoms with Gasteiger partial charge in [0.25, 0.3) is 5.91 Å². The van der Waals surface area contributed by atoms with Crippen molar-refractivity contribution >= 4 is 29.3 Å². The Hall–Kier alpha value is -4.17. The molecule has 9 heteroatoms. The van der Waals surface area contributed by atoms with Gasteiger partial charge in [0.05, 0.1) is 17.7 Å². The number of hydrogen-bond donors (Lipinski definition) is 2. The Balaban J connectivity index is 1.63. The number of nitrogens with one attached hydrogen (secondary N) is 2. The maximum Gasteiger partial charge on any atom is 0.257 e. The molecule has 0 radical (unpaired) electrons. The summed E-state index contributed by atoms with van der Waals surface area (Å²) in [6, 6.07) is 19.7. The number of methoxy groups -OCH3 is 1. The molecule has 1 unspecified atom stereocenters. The number of hydrogen-bond acceptors (Lipinski definition) is 6. The first-order valence-corrected chi connectivity index (χ1v) is 11.0. The number of benzene rings is 2.